The van der Waals surface area contributed by atoms with E-state index in [2.05, 4.69) is 65.8 Å². The van der Waals surface area contributed by atoms with Crippen molar-refractivity contribution in [3.05, 3.63) is 46.5 Å². The summed E-state index contributed by atoms with van der Waals surface area (Å²) in [5.41, 5.74) is 4.06. The smallest absolute Gasteiger partial charge is 0.141 e. The van der Waals surface area contributed by atoms with Crippen LogP contribution < -0.4 is 9.47 Å². The second-order valence-corrected chi connectivity index (χ2v) is 16.4. The van der Waals surface area contributed by atoms with Crippen molar-refractivity contribution < 1.29 is 19.7 Å². The Kier molecular flexibility index (Phi) is 14.9. The summed E-state index contributed by atoms with van der Waals surface area (Å²) in [6.07, 6.45) is 13.6. The van der Waals surface area contributed by atoms with E-state index >= 15 is 0 Å². The number of aromatic hydroxyl groups is 2. The van der Waals surface area contributed by atoms with Crippen LogP contribution in [-0.2, 0) is 25.7 Å². The van der Waals surface area contributed by atoms with Gasteiger partial charge in [0.05, 0.1) is 12.5 Å². The van der Waals surface area contributed by atoms with E-state index in [4.69, 9.17) is 9.47 Å². The quantitative estimate of drug-likeness (QED) is 0.159. The fourth-order valence-corrected chi connectivity index (χ4v) is 7.37. The lowest BCUT2D eigenvalue weighted by molar-refractivity contribution is 0.338. The van der Waals surface area contributed by atoms with Crippen molar-refractivity contribution in [3.8, 4) is 23.0 Å². The maximum Gasteiger partial charge on any atom is 0.141 e. The molecule has 0 fully saturated rings. The molecule has 39 heavy (non-hydrogen) atoms. The van der Waals surface area contributed by atoms with E-state index in [-0.39, 0.29) is 0 Å². The summed E-state index contributed by atoms with van der Waals surface area (Å²) in [4.78, 5) is 0. The van der Waals surface area contributed by atoms with E-state index in [1.165, 1.54) is 0 Å². The first kappa shape index (κ1) is 33.1. The van der Waals surface area contributed by atoms with Crippen molar-refractivity contribution in [2.75, 3.05) is 12.5 Å². The topological polar surface area (TPSA) is 58.9 Å². The average molecular weight is 557 g/mol. The van der Waals surface area contributed by atoms with Crippen molar-refractivity contribution in [3.63, 3.8) is 0 Å². The minimum atomic E-state index is -1.88. The fourth-order valence-electron chi connectivity index (χ4n) is 5.03. The molecule has 0 bridgehead atoms. The van der Waals surface area contributed by atoms with Crippen LogP contribution in [0.3, 0.4) is 0 Å². The summed E-state index contributed by atoms with van der Waals surface area (Å²) in [5, 5.41) is 21.8. The van der Waals surface area contributed by atoms with Gasteiger partial charge in [-0.15, -0.1) is 0 Å². The predicted molar refractivity (Wildman–Crippen MR) is 168 cm³/mol. The summed E-state index contributed by atoms with van der Waals surface area (Å²) < 4.78 is 13.1. The van der Waals surface area contributed by atoms with E-state index in [1.54, 1.807) is 0 Å². The van der Waals surface area contributed by atoms with Crippen LogP contribution >= 0.6 is 0 Å². The molecule has 0 unspecified atom stereocenters. The van der Waals surface area contributed by atoms with Crippen LogP contribution in [0.25, 0.3) is 0 Å². The van der Waals surface area contributed by atoms with Crippen molar-refractivity contribution in [1.82, 2.24) is 0 Å². The van der Waals surface area contributed by atoms with Crippen molar-refractivity contribution in [2.45, 2.75) is 131 Å². The van der Waals surface area contributed by atoms with Crippen molar-refractivity contribution >= 4 is 8.07 Å². The molecule has 4 nitrogen and oxygen atoms in total. The lowest BCUT2D eigenvalue weighted by Gasteiger charge is -2.29. The number of rotatable bonds is 20. The van der Waals surface area contributed by atoms with Gasteiger partial charge in [-0.1, -0.05) is 79.3 Å². The minimum absolute atomic E-state index is 0.465. The third-order valence-electron chi connectivity index (χ3n) is 8.27. The van der Waals surface area contributed by atoms with Crippen LogP contribution in [0.1, 0.15) is 115 Å². The molecule has 0 saturated carbocycles. The molecule has 5 heteroatoms. The van der Waals surface area contributed by atoms with Gasteiger partial charge in [0.2, 0.25) is 0 Å². The van der Waals surface area contributed by atoms with Gasteiger partial charge in [0, 0.05) is 0 Å². The Hall–Kier alpha value is -2.14. The first-order valence-corrected chi connectivity index (χ1v) is 18.6. The zero-order valence-corrected chi connectivity index (χ0v) is 26.8. The molecule has 0 atom stereocenters. The highest BCUT2D eigenvalue weighted by Gasteiger charge is 2.32. The Morgan fingerprint density at radius 1 is 0.513 bits per heavy atom. The lowest BCUT2D eigenvalue weighted by atomic mass is 10.00. The molecule has 0 spiro atoms. The van der Waals surface area contributed by atoms with Gasteiger partial charge < -0.3 is 19.7 Å². The molecular weight excluding hydrogens is 500 g/mol. The maximum atomic E-state index is 10.9. The number of ether oxygens (including phenoxy) is 2. The second-order valence-electron chi connectivity index (χ2n) is 11.4. The van der Waals surface area contributed by atoms with Crippen LogP contribution in [0.15, 0.2) is 24.3 Å². The highest BCUT2D eigenvalue weighted by atomic mass is 28.3. The minimum Gasteiger partial charge on any atom is -0.507 e. The Bertz CT molecular complexity index is 850. The van der Waals surface area contributed by atoms with Gasteiger partial charge in [0.25, 0.3) is 0 Å². The molecule has 0 radical (unpaired) electrons. The number of hydrogen-bond acceptors (Lipinski definition) is 4. The third kappa shape index (κ3) is 10.1. The average Bonchev–Trinajstić information content (AvgIpc) is 2.95. The maximum absolute atomic E-state index is 10.9. The number of unbranched alkanes of at least 4 members (excludes halogenated alkanes) is 4. The molecule has 0 aliphatic heterocycles. The number of phenolic OH excluding ortho intramolecular Hbond substituents is 2. The summed E-state index contributed by atoms with van der Waals surface area (Å²) in [6, 6.07) is 10.4. The van der Waals surface area contributed by atoms with Crippen LogP contribution in [0.4, 0.5) is 0 Å². The van der Waals surface area contributed by atoms with Gasteiger partial charge in [0.15, 0.2) is 0 Å². The number of aryl methyl sites for hydroxylation is 4. The molecule has 0 aliphatic carbocycles. The lowest BCUT2D eigenvalue weighted by Crippen LogP contribution is -2.46. The molecule has 0 aliphatic rings. The summed E-state index contributed by atoms with van der Waals surface area (Å²) >= 11 is 0. The van der Waals surface area contributed by atoms with Crippen molar-refractivity contribution in [2.24, 2.45) is 0 Å². The SMILES string of the molecule is CCCCc1cc(OC[Si](CC)(CC)COc2cc(CCCC)c(O)c(CCCC)c2)cc(CCCC)c1O. The Morgan fingerprint density at radius 2 is 0.795 bits per heavy atom. The zero-order chi connectivity index (χ0) is 28.7. The van der Waals surface area contributed by atoms with Gasteiger partial charge in [0.1, 0.15) is 31.1 Å². The Morgan fingerprint density at radius 3 is 1.03 bits per heavy atom. The number of hydrogen-bond donors (Lipinski definition) is 2. The highest BCUT2D eigenvalue weighted by Crippen LogP contribution is 2.33. The molecule has 0 aromatic heterocycles. The zero-order valence-electron chi connectivity index (χ0n) is 25.8. The van der Waals surface area contributed by atoms with Crippen LogP contribution in [-0.4, -0.2) is 30.7 Å². The Labute approximate surface area is 240 Å². The Balaban J connectivity index is 2.23. The standard InChI is InChI=1S/C34H56O4Si/c1-7-13-17-27-21-31(22-28(33(27)35)18-14-8-2)37-25-39(11-5,12-6)26-38-32-23-29(19-15-9-3)34(36)30(24-32)20-16-10-4/h21-24,35-36H,7-20,25-26H2,1-6H3. The van der Waals surface area contributed by atoms with Gasteiger partial charge in [-0.2, -0.15) is 0 Å². The van der Waals surface area contributed by atoms with Gasteiger partial charge in [-0.25, -0.2) is 0 Å². The molecule has 0 amide bonds. The molecule has 2 aromatic rings. The monoisotopic (exact) mass is 556 g/mol. The number of phenols is 2. The molecule has 220 valence electrons. The molecule has 2 aromatic carbocycles. The molecule has 0 heterocycles. The molecule has 2 N–H and O–H groups in total. The molecular formula is C34H56O4Si. The van der Waals surface area contributed by atoms with Crippen LogP contribution in [0.5, 0.6) is 23.0 Å². The van der Waals surface area contributed by atoms with E-state index in [1.807, 2.05) is 0 Å². The van der Waals surface area contributed by atoms with Gasteiger partial charge in [-0.05, 0) is 97.9 Å². The van der Waals surface area contributed by atoms with Crippen LogP contribution in [0, 0.1) is 0 Å². The normalized spacial score (nSPS) is 11.6. The highest BCUT2D eigenvalue weighted by molar-refractivity contribution is 6.79. The summed E-state index contributed by atoms with van der Waals surface area (Å²) in [5.74, 6) is 2.70. The summed E-state index contributed by atoms with van der Waals surface area (Å²) in [7, 11) is -1.88. The van der Waals surface area contributed by atoms with Gasteiger partial charge in [-0.3, -0.25) is 0 Å². The second kappa shape index (κ2) is 17.5. The van der Waals surface area contributed by atoms with Crippen molar-refractivity contribution in [1.29, 1.82) is 0 Å². The van der Waals surface area contributed by atoms with E-state index in [9.17, 15) is 10.2 Å². The van der Waals surface area contributed by atoms with Gasteiger partial charge >= 0.3 is 0 Å². The first-order valence-electron chi connectivity index (χ1n) is 15.8. The largest absolute Gasteiger partial charge is 0.507 e. The third-order valence-corrected chi connectivity index (χ3v) is 12.8. The fraction of sp³-hybridized carbons (Fsp3) is 0.647. The van der Waals surface area contributed by atoms with Crippen LogP contribution in [0.2, 0.25) is 12.1 Å². The predicted octanol–water partition coefficient (Wildman–Crippen LogP) is 9.49. The van der Waals surface area contributed by atoms with E-state index < -0.39 is 8.07 Å². The first-order chi connectivity index (χ1) is 18.9. The molecule has 2 rings (SSSR count). The van der Waals surface area contributed by atoms with E-state index in [0.717, 1.165) is 123 Å². The van der Waals surface area contributed by atoms with E-state index in [0.29, 0.717) is 24.0 Å². The molecule has 0 saturated heterocycles. The summed E-state index contributed by atoms with van der Waals surface area (Å²) in [6.45, 7) is 13.3. The number of benzene rings is 2.